The van der Waals surface area contributed by atoms with E-state index in [4.69, 9.17) is 9.97 Å². The Morgan fingerprint density at radius 1 is 0.477 bits per heavy atom. The van der Waals surface area contributed by atoms with Crippen molar-refractivity contribution >= 4 is 23.1 Å². The van der Waals surface area contributed by atoms with Crippen molar-refractivity contribution in [1.82, 2.24) is 9.97 Å². The Morgan fingerprint density at radius 2 is 1.07 bits per heavy atom. The Morgan fingerprint density at radius 3 is 1.82 bits per heavy atom. The molecular weight excluding hydrogens is 532 g/mol. The summed E-state index contributed by atoms with van der Waals surface area (Å²) in [6.07, 6.45) is 4.54. The standard InChI is InChI=1S/C42H28N2/c1-27-18-20-30(21-19-27)40-34-13-5-9-17-39(34)43-41(44-40)31-24-25-33-32-12-4-8-16-37(32)42(38(33)26-31)35-14-6-2-10-28(35)22-23-29-11-3-7-15-36(29)42/h2-26H,1H3. The van der Waals surface area contributed by atoms with Crippen molar-refractivity contribution in [3.63, 3.8) is 0 Å². The number of aromatic nitrogens is 2. The molecule has 0 atom stereocenters. The van der Waals surface area contributed by atoms with Gasteiger partial charge in [0.2, 0.25) is 0 Å². The average molecular weight is 561 g/mol. The zero-order valence-corrected chi connectivity index (χ0v) is 24.3. The van der Waals surface area contributed by atoms with Gasteiger partial charge in [-0.25, -0.2) is 9.97 Å². The highest BCUT2D eigenvalue weighted by atomic mass is 14.9. The summed E-state index contributed by atoms with van der Waals surface area (Å²) >= 11 is 0. The van der Waals surface area contributed by atoms with Gasteiger partial charge in [0.15, 0.2) is 5.82 Å². The Hall–Kier alpha value is -5.60. The van der Waals surface area contributed by atoms with Crippen molar-refractivity contribution in [2.45, 2.75) is 12.3 Å². The summed E-state index contributed by atoms with van der Waals surface area (Å²) in [5.41, 5.74) is 15.0. The van der Waals surface area contributed by atoms with Crippen LogP contribution in [0.4, 0.5) is 0 Å². The first-order valence-electron chi connectivity index (χ1n) is 15.2. The van der Waals surface area contributed by atoms with E-state index in [1.807, 2.05) is 0 Å². The van der Waals surface area contributed by atoms with Gasteiger partial charge in [0, 0.05) is 16.5 Å². The van der Waals surface area contributed by atoms with Crippen LogP contribution in [0.5, 0.6) is 0 Å². The van der Waals surface area contributed by atoms with Crippen LogP contribution in [-0.2, 0) is 5.41 Å². The number of fused-ring (bicyclic) bond motifs is 10. The maximum Gasteiger partial charge on any atom is 0.160 e. The van der Waals surface area contributed by atoms with E-state index in [0.29, 0.717) is 0 Å². The molecule has 2 aliphatic rings. The maximum atomic E-state index is 5.26. The third kappa shape index (κ3) is 3.49. The highest BCUT2D eigenvalue weighted by Gasteiger charge is 2.48. The zero-order chi connectivity index (χ0) is 29.3. The summed E-state index contributed by atoms with van der Waals surface area (Å²) in [5, 5.41) is 1.06. The molecule has 0 amide bonds. The van der Waals surface area contributed by atoms with Crippen LogP contribution >= 0.6 is 0 Å². The molecule has 7 aromatic rings. The number of para-hydroxylation sites is 1. The van der Waals surface area contributed by atoms with E-state index in [-0.39, 0.29) is 0 Å². The Balaban J connectivity index is 1.35. The quantitative estimate of drug-likeness (QED) is 0.210. The molecule has 0 saturated carbocycles. The predicted molar refractivity (Wildman–Crippen MR) is 181 cm³/mol. The Kier molecular flexibility index (Phi) is 5.36. The fourth-order valence-corrected chi connectivity index (χ4v) is 7.43. The van der Waals surface area contributed by atoms with E-state index in [9.17, 15) is 0 Å². The molecule has 0 radical (unpaired) electrons. The monoisotopic (exact) mass is 560 g/mol. The van der Waals surface area contributed by atoms with Crippen molar-refractivity contribution in [1.29, 1.82) is 0 Å². The van der Waals surface area contributed by atoms with Crippen molar-refractivity contribution < 1.29 is 0 Å². The molecule has 0 saturated heterocycles. The molecule has 1 aromatic heterocycles. The van der Waals surface area contributed by atoms with Crippen LogP contribution in [0.2, 0.25) is 0 Å². The minimum absolute atomic E-state index is 0.477. The SMILES string of the molecule is Cc1ccc(-c2nc(-c3ccc4c(c3)C3(c5ccccc5C=Cc5ccccc53)c3ccccc3-4)nc3ccccc23)cc1. The van der Waals surface area contributed by atoms with Gasteiger partial charge in [-0.05, 0) is 63.6 Å². The highest BCUT2D eigenvalue weighted by molar-refractivity contribution is 5.95. The molecule has 44 heavy (non-hydrogen) atoms. The fraction of sp³-hybridized carbons (Fsp3) is 0.0476. The molecule has 0 bridgehead atoms. The van der Waals surface area contributed by atoms with Gasteiger partial charge in [-0.1, -0.05) is 145 Å². The normalized spacial score (nSPS) is 13.7. The number of hydrogen-bond donors (Lipinski definition) is 0. The van der Waals surface area contributed by atoms with Crippen LogP contribution in [0.15, 0.2) is 140 Å². The molecule has 0 N–H and O–H groups in total. The van der Waals surface area contributed by atoms with E-state index < -0.39 is 5.41 Å². The lowest BCUT2D eigenvalue weighted by atomic mass is 9.66. The molecule has 2 nitrogen and oxygen atoms in total. The third-order valence-electron chi connectivity index (χ3n) is 9.40. The van der Waals surface area contributed by atoms with E-state index in [1.54, 1.807) is 0 Å². The van der Waals surface area contributed by atoms with Crippen LogP contribution in [0.25, 0.3) is 56.8 Å². The molecule has 2 heteroatoms. The molecule has 1 spiro atoms. The number of hydrogen-bond acceptors (Lipinski definition) is 2. The lowest BCUT2D eigenvalue weighted by Gasteiger charge is -2.35. The molecule has 6 aromatic carbocycles. The summed E-state index contributed by atoms with van der Waals surface area (Å²) in [5.74, 6) is 0.737. The second-order valence-corrected chi connectivity index (χ2v) is 11.8. The summed E-state index contributed by atoms with van der Waals surface area (Å²) < 4.78 is 0. The number of aryl methyl sites for hydroxylation is 1. The topological polar surface area (TPSA) is 25.8 Å². The predicted octanol–water partition coefficient (Wildman–Crippen LogP) is 10.1. The maximum absolute atomic E-state index is 5.26. The van der Waals surface area contributed by atoms with Gasteiger partial charge in [-0.3, -0.25) is 0 Å². The van der Waals surface area contributed by atoms with Crippen molar-refractivity contribution in [3.8, 4) is 33.8 Å². The van der Waals surface area contributed by atoms with Gasteiger partial charge in [-0.15, -0.1) is 0 Å². The summed E-state index contributed by atoms with van der Waals surface area (Å²) in [6, 6.07) is 50.4. The summed E-state index contributed by atoms with van der Waals surface area (Å²) in [7, 11) is 0. The van der Waals surface area contributed by atoms with Gasteiger partial charge in [0.05, 0.1) is 16.6 Å². The van der Waals surface area contributed by atoms with Crippen LogP contribution in [0, 0.1) is 6.92 Å². The van der Waals surface area contributed by atoms with Crippen LogP contribution < -0.4 is 0 Å². The molecule has 206 valence electrons. The molecule has 2 aliphatic carbocycles. The molecule has 0 fully saturated rings. The minimum Gasteiger partial charge on any atom is -0.228 e. The van der Waals surface area contributed by atoms with Gasteiger partial charge >= 0.3 is 0 Å². The first kappa shape index (κ1) is 24.9. The van der Waals surface area contributed by atoms with E-state index >= 15 is 0 Å². The van der Waals surface area contributed by atoms with E-state index in [2.05, 4.69) is 159 Å². The molecule has 1 heterocycles. The second-order valence-electron chi connectivity index (χ2n) is 11.8. The fourth-order valence-electron chi connectivity index (χ4n) is 7.43. The van der Waals surface area contributed by atoms with Gasteiger partial charge in [0.25, 0.3) is 0 Å². The van der Waals surface area contributed by atoms with Gasteiger partial charge < -0.3 is 0 Å². The van der Waals surface area contributed by atoms with Crippen LogP contribution in [-0.4, -0.2) is 9.97 Å². The molecule has 0 aliphatic heterocycles. The van der Waals surface area contributed by atoms with Crippen molar-refractivity contribution in [2.75, 3.05) is 0 Å². The number of benzene rings is 6. The summed E-state index contributed by atoms with van der Waals surface area (Å²) in [6.45, 7) is 2.12. The molecular formula is C42H28N2. The average Bonchev–Trinajstić information content (AvgIpc) is 3.28. The van der Waals surface area contributed by atoms with Crippen LogP contribution in [0.3, 0.4) is 0 Å². The number of nitrogens with zero attached hydrogens (tertiary/aromatic N) is 2. The number of rotatable bonds is 2. The third-order valence-corrected chi connectivity index (χ3v) is 9.40. The smallest absolute Gasteiger partial charge is 0.160 e. The van der Waals surface area contributed by atoms with Gasteiger partial charge in [0.1, 0.15) is 0 Å². The lowest BCUT2D eigenvalue weighted by molar-refractivity contribution is 0.766. The van der Waals surface area contributed by atoms with Crippen molar-refractivity contribution in [2.24, 2.45) is 0 Å². The van der Waals surface area contributed by atoms with E-state index in [0.717, 1.165) is 33.5 Å². The van der Waals surface area contributed by atoms with E-state index in [1.165, 1.54) is 50.1 Å². The Bertz CT molecular complexity index is 2240. The summed E-state index contributed by atoms with van der Waals surface area (Å²) in [4.78, 5) is 10.4. The Labute approximate surface area is 257 Å². The first-order valence-corrected chi connectivity index (χ1v) is 15.2. The largest absolute Gasteiger partial charge is 0.228 e. The highest BCUT2D eigenvalue weighted by Crippen LogP contribution is 2.58. The lowest BCUT2D eigenvalue weighted by Crippen LogP contribution is -2.30. The van der Waals surface area contributed by atoms with Crippen LogP contribution in [0.1, 0.15) is 38.9 Å². The van der Waals surface area contributed by atoms with Gasteiger partial charge in [-0.2, -0.15) is 0 Å². The first-order chi connectivity index (χ1) is 21.7. The molecule has 0 unspecified atom stereocenters. The second kappa shape index (κ2) is 9.45. The molecule has 9 rings (SSSR count). The zero-order valence-electron chi connectivity index (χ0n) is 24.3. The van der Waals surface area contributed by atoms with Crippen molar-refractivity contribution in [3.05, 3.63) is 178 Å². The minimum atomic E-state index is -0.477.